The molecular weight excluding hydrogens is 555 g/mol. The molecule has 2 aromatic carbocycles. The number of fused-ring (bicyclic) bond motifs is 1. The van der Waals surface area contributed by atoms with E-state index >= 15 is 0 Å². The number of rotatable bonds is 7. The SMILES string of the molecule is COC(c1ccc(C(F)(F)F)nc1)(c1ccc2nc(-n3cccn3)c(Cc3ccccc3)c(C#N)c2c1)c1cncn1C. The first-order chi connectivity index (χ1) is 20.8. The minimum Gasteiger partial charge on any atom is -0.362 e. The van der Waals surface area contributed by atoms with Gasteiger partial charge in [-0.05, 0) is 35.4 Å². The predicted octanol–water partition coefficient (Wildman–Crippen LogP) is 5.97. The number of halogens is 3. The molecule has 0 amide bonds. The van der Waals surface area contributed by atoms with E-state index in [1.165, 1.54) is 13.2 Å². The van der Waals surface area contributed by atoms with Gasteiger partial charge in [-0.1, -0.05) is 42.5 Å². The highest BCUT2D eigenvalue weighted by Crippen LogP contribution is 2.42. The highest BCUT2D eigenvalue weighted by atomic mass is 19.4. The van der Waals surface area contributed by atoms with Crippen molar-refractivity contribution < 1.29 is 17.9 Å². The minimum absolute atomic E-state index is 0.357. The summed E-state index contributed by atoms with van der Waals surface area (Å²) < 4.78 is 49.7. The lowest BCUT2D eigenvalue weighted by atomic mass is 9.82. The number of methoxy groups -OCH3 is 1. The smallest absolute Gasteiger partial charge is 0.362 e. The number of nitriles is 1. The Morgan fingerprint density at radius 1 is 0.977 bits per heavy atom. The lowest BCUT2D eigenvalue weighted by molar-refractivity contribution is -0.141. The van der Waals surface area contributed by atoms with Gasteiger partial charge in [0.2, 0.25) is 0 Å². The summed E-state index contributed by atoms with van der Waals surface area (Å²) in [5.41, 5.74) is 1.66. The van der Waals surface area contributed by atoms with Gasteiger partial charge in [0.15, 0.2) is 11.4 Å². The predicted molar refractivity (Wildman–Crippen MR) is 152 cm³/mol. The van der Waals surface area contributed by atoms with Crippen molar-refractivity contribution in [3.8, 4) is 11.9 Å². The van der Waals surface area contributed by atoms with Gasteiger partial charge >= 0.3 is 6.18 Å². The number of benzene rings is 2. The number of ether oxygens (including phenoxy) is 1. The summed E-state index contributed by atoms with van der Waals surface area (Å²) >= 11 is 0. The first-order valence-electron chi connectivity index (χ1n) is 13.2. The van der Waals surface area contributed by atoms with Crippen LogP contribution in [0.4, 0.5) is 13.2 Å². The van der Waals surface area contributed by atoms with Crippen LogP contribution >= 0.6 is 0 Å². The highest BCUT2D eigenvalue weighted by Gasteiger charge is 2.41. The molecule has 0 aliphatic carbocycles. The van der Waals surface area contributed by atoms with E-state index in [9.17, 15) is 18.4 Å². The third-order valence-electron chi connectivity index (χ3n) is 7.47. The topological polar surface area (TPSA) is 94.4 Å². The number of hydrogen-bond acceptors (Lipinski definition) is 6. The maximum absolute atomic E-state index is 13.4. The van der Waals surface area contributed by atoms with Crippen LogP contribution in [0.15, 0.2) is 97.8 Å². The summed E-state index contributed by atoms with van der Waals surface area (Å²) in [6.07, 6.45) is 3.58. The average molecular weight is 580 g/mol. The molecule has 0 fully saturated rings. The van der Waals surface area contributed by atoms with E-state index in [1.54, 1.807) is 65.5 Å². The van der Waals surface area contributed by atoms with Crippen molar-refractivity contribution >= 4 is 10.9 Å². The molecule has 0 spiro atoms. The molecule has 0 radical (unpaired) electrons. The quantitative estimate of drug-likeness (QED) is 0.231. The molecule has 0 aliphatic rings. The second-order valence-corrected chi connectivity index (χ2v) is 9.95. The summed E-state index contributed by atoms with van der Waals surface area (Å²) in [6.45, 7) is 0. The second-order valence-electron chi connectivity index (χ2n) is 9.95. The molecule has 6 rings (SSSR count). The first-order valence-corrected chi connectivity index (χ1v) is 13.2. The van der Waals surface area contributed by atoms with Crippen LogP contribution in [0.2, 0.25) is 0 Å². The van der Waals surface area contributed by atoms with Gasteiger partial charge < -0.3 is 9.30 Å². The van der Waals surface area contributed by atoms with Crippen molar-refractivity contribution in [2.24, 2.45) is 7.05 Å². The van der Waals surface area contributed by atoms with Gasteiger partial charge in [0.05, 0.1) is 29.3 Å². The van der Waals surface area contributed by atoms with Gasteiger partial charge in [0.25, 0.3) is 0 Å². The summed E-state index contributed by atoms with van der Waals surface area (Å²) in [7, 11) is 3.24. The zero-order valence-electron chi connectivity index (χ0n) is 23.1. The molecule has 0 saturated carbocycles. The highest BCUT2D eigenvalue weighted by molar-refractivity contribution is 5.88. The van der Waals surface area contributed by atoms with Gasteiger partial charge in [0.1, 0.15) is 11.8 Å². The van der Waals surface area contributed by atoms with Gasteiger partial charge in [-0.25, -0.2) is 14.6 Å². The van der Waals surface area contributed by atoms with Crippen LogP contribution in [0, 0.1) is 11.3 Å². The van der Waals surface area contributed by atoms with Gasteiger partial charge in [-0.2, -0.15) is 23.5 Å². The molecule has 0 aliphatic heterocycles. The molecule has 43 heavy (non-hydrogen) atoms. The van der Waals surface area contributed by atoms with E-state index < -0.39 is 17.5 Å². The molecule has 4 aromatic heterocycles. The molecule has 214 valence electrons. The number of alkyl halides is 3. The standard InChI is InChI=1S/C32H24F3N7O/c1-41-20-37-19-29(41)31(43-2,23-10-12-28(38-18-23)32(33,34)35)22-9-11-27-24(16-22)26(17-36)25(15-21-7-4-3-5-8-21)30(40-27)42-14-6-13-39-42/h3-14,16,18-20H,15H2,1-2H3. The van der Waals surface area contributed by atoms with E-state index in [2.05, 4.69) is 21.1 Å². The fourth-order valence-corrected chi connectivity index (χ4v) is 5.46. The molecule has 4 heterocycles. The van der Waals surface area contributed by atoms with Crippen LogP contribution < -0.4 is 0 Å². The number of nitrogens with zero attached hydrogens (tertiary/aromatic N) is 7. The zero-order valence-corrected chi connectivity index (χ0v) is 23.1. The third kappa shape index (κ3) is 4.81. The molecular formula is C32H24F3N7O. The minimum atomic E-state index is -4.60. The van der Waals surface area contributed by atoms with Gasteiger partial charge in [-0.3, -0.25) is 4.98 Å². The molecule has 0 bridgehead atoms. The fraction of sp³-hybridized carbons (Fsp3) is 0.156. The fourth-order valence-electron chi connectivity index (χ4n) is 5.46. The number of imidazole rings is 1. The average Bonchev–Trinajstić information content (AvgIpc) is 3.71. The first kappa shape index (κ1) is 27.8. The van der Waals surface area contributed by atoms with Crippen LogP contribution in [0.3, 0.4) is 0 Å². The van der Waals surface area contributed by atoms with Crippen molar-refractivity contribution in [1.82, 2.24) is 29.3 Å². The Balaban J connectivity index is 1.62. The Morgan fingerprint density at radius 3 is 2.37 bits per heavy atom. The lowest BCUT2D eigenvalue weighted by Gasteiger charge is -2.34. The van der Waals surface area contributed by atoms with E-state index in [-0.39, 0.29) is 0 Å². The molecule has 6 aromatic rings. The Labute approximate surface area is 244 Å². The largest absolute Gasteiger partial charge is 0.433 e. The van der Waals surface area contributed by atoms with E-state index in [4.69, 9.17) is 9.72 Å². The molecule has 8 nitrogen and oxygen atoms in total. The molecule has 1 unspecified atom stereocenters. The van der Waals surface area contributed by atoms with Crippen LogP contribution in [-0.4, -0.2) is 36.4 Å². The van der Waals surface area contributed by atoms with Crippen molar-refractivity contribution in [2.75, 3.05) is 7.11 Å². The monoisotopic (exact) mass is 579 g/mol. The number of hydrogen-bond donors (Lipinski definition) is 0. The Morgan fingerprint density at radius 2 is 1.77 bits per heavy atom. The van der Waals surface area contributed by atoms with Crippen LogP contribution in [-0.2, 0) is 30.0 Å². The van der Waals surface area contributed by atoms with Crippen molar-refractivity contribution in [3.63, 3.8) is 0 Å². The maximum Gasteiger partial charge on any atom is 0.433 e. The summed E-state index contributed by atoms with van der Waals surface area (Å²) in [5, 5.41) is 15.5. The van der Waals surface area contributed by atoms with Crippen molar-refractivity contribution in [2.45, 2.75) is 18.2 Å². The van der Waals surface area contributed by atoms with Gasteiger partial charge in [0, 0.05) is 55.7 Å². The Hall–Kier alpha value is -5.34. The Kier molecular flexibility index (Phi) is 6.99. The summed E-state index contributed by atoms with van der Waals surface area (Å²) in [6, 6.07) is 21.5. The van der Waals surface area contributed by atoms with Gasteiger partial charge in [-0.15, -0.1) is 0 Å². The van der Waals surface area contributed by atoms with E-state index in [0.29, 0.717) is 51.1 Å². The molecule has 0 N–H and O–H groups in total. The normalized spacial score (nSPS) is 13.1. The van der Waals surface area contributed by atoms with Crippen molar-refractivity contribution in [1.29, 1.82) is 5.26 Å². The summed E-state index contributed by atoms with van der Waals surface area (Å²) in [4.78, 5) is 12.9. The zero-order chi connectivity index (χ0) is 30.2. The number of pyridine rings is 2. The van der Waals surface area contributed by atoms with Crippen LogP contribution in [0.25, 0.3) is 16.7 Å². The maximum atomic E-state index is 13.4. The number of aryl methyl sites for hydroxylation is 1. The van der Waals surface area contributed by atoms with Crippen molar-refractivity contribution in [3.05, 3.63) is 137 Å². The molecule has 1 atom stereocenters. The second kappa shape index (κ2) is 10.8. The third-order valence-corrected chi connectivity index (χ3v) is 7.47. The number of aromatic nitrogens is 6. The van der Waals surface area contributed by atoms with Crippen LogP contribution in [0.1, 0.15) is 39.2 Å². The Bertz CT molecular complexity index is 1940. The van der Waals surface area contributed by atoms with E-state index in [0.717, 1.165) is 17.8 Å². The van der Waals surface area contributed by atoms with Crippen LogP contribution in [0.5, 0.6) is 0 Å². The lowest BCUT2D eigenvalue weighted by Crippen LogP contribution is -2.34. The molecule has 11 heteroatoms. The van der Waals surface area contributed by atoms with E-state index in [1.807, 2.05) is 30.3 Å². The molecule has 0 saturated heterocycles. The summed E-state index contributed by atoms with van der Waals surface area (Å²) in [5.74, 6) is 0.530.